The first-order chi connectivity index (χ1) is 10.9. The van der Waals surface area contributed by atoms with Crippen molar-refractivity contribution in [3.05, 3.63) is 0 Å². The molecule has 1 atom stereocenters. The van der Waals surface area contributed by atoms with Gasteiger partial charge in [0.2, 0.25) is 0 Å². The molecule has 0 heterocycles. The van der Waals surface area contributed by atoms with Gasteiger partial charge >= 0.3 is 0 Å². The highest BCUT2D eigenvalue weighted by molar-refractivity contribution is 6.10. The van der Waals surface area contributed by atoms with Crippen LogP contribution in [0, 0.1) is 0 Å². The lowest BCUT2D eigenvalue weighted by Gasteiger charge is -2.29. The lowest BCUT2D eigenvalue weighted by molar-refractivity contribution is -0.153. The van der Waals surface area contributed by atoms with Gasteiger partial charge in [0.05, 0.1) is 0 Å². The Balaban J connectivity index is 4.40. The molecule has 23 heavy (non-hydrogen) atoms. The van der Waals surface area contributed by atoms with E-state index in [-0.39, 0.29) is 12.8 Å². The molecule has 0 aromatic heterocycles. The zero-order valence-electron chi connectivity index (χ0n) is 15.4. The number of nitrogens with two attached hydrogens (primary N) is 1. The number of hydrogen-bond acceptors (Lipinski definition) is 4. The van der Waals surface area contributed by atoms with Crippen molar-refractivity contribution in [3.8, 4) is 0 Å². The number of rotatable bonds is 15. The fraction of sp³-hybridized carbons (Fsp3) is 0.895. The largest absolute Gasteiger partial charge is 0.373 e. The Labute approximate surface area is 142 Å². The summed E-state index contributed by atoms with van der Waals surface area (Å²) in [6.07, 6.45) is 10.6. The molecule has 0 saturated heterocycles. The van der Waals surface area contributed by atoms with E-state index in [1.807, 2.05) is 0 Å². The highest BCUT2D eigenvalue weighted by Gasteiger charge is 2.45. The van der Waals surface area contributed by atoms with E-state index in [0.717, 1.165) is 64.2 Å². The second-order valence-electron chi connectivity index (χ2n) is 6.73. The number of aliphatic hydroxyl groups is 1. The molecule has 136 valence electrons. The summed E-state index contributed by atoms with van der Waals surface area (Å²) in [5.74, 6) is -0.801. The Kier molecular flexibility index (Phi) is 12.2. The lowest BCUT2D eigenvalue weighted by Crippen LogP contribution is -2.58. The van der Waals surface area contributed by atoms with Gasteiger partial charge in [-0.25, -0.2) is 0 Å². The lowest BCUT2D eigenvalue weighted by atomic mass is 9.82. The summed E-state index contributed by atoms with van der Waals surface area (Å²) in [7, 11) is 0. The van der Waals surface area contributed by atoms with Crippen molar-refractivity contribution >= 4 is 11.6 Å². The average molecular weight is 328 g/mol. The van der Waals surface area contributed by atoms with Crippen molar-refractivity contribution in [1.29, 1.82) is 0 Å². The zero-order chi connectivity index (χ0) is 17.7. The van der Waals surface area contributed by atoms with Gasteiger partial charge in [-0.3, -0.25) is 9.59 Å². The number of ketones is 2. The van der Waals surface area contributed by atoms with Crippen LogP contribution in [0.25, 0.3) is 0 Å². The molecule has 0 aromatic rings. The van der Waals surface area contributed by atoms with Crippen LogP contribution in [-0.4, -0.2) is 28.3 Å². The van der Waals surface area contributed by atoms with E-state index >= 15 is 0 Å². The first-order valence-corrected chi connectivity index (χ1v) is 9.45. The van der Waals surface area contributed by atoms with Crippen molar-refractivity contribution in [2.24, 2.45) is 5.73 Å². The second-order valence-corrected chi connectivity index (χ2v) is 6.73. The van der Waals surface area contributed by atoms with Crippen LogP contribution < -0.4 is 5.73 Å². The van der Waals surface area contributed by atoms with Crippen molar-refractivity contribution in [3.63, 3.8) is 0 Å². The van der Waals surface area contributed by atoms with Gasteiger partial charge < -0.3 is 10.8 Å². The Bertz CT molecular complexity index is 314. The minimum Gasteiger partial charge on any atom is -0.373 e. The normalized spacial score (nSPS) is 13.1. The predicted molar refractivity (Wildman–Crippen MR) is 95.4 cm³/mol. The van der Waals surface area contributed by atoms with Gasteiger partial charge in [-0.1, -0.05) is 65.2 Å². The topological polar surface area (TPSA) is 80.4 Å². The highest BCUT2D eigenvalue weighted by atomic mass is 16.3. The van der Waals surface area contributed by atoms with Gasteiger partial charge in [-0.2, -0.15) is 0 Å². The summed E-state index contributed by atoms with van der Waals surface area (Å²) in [4.78, 5) is 24.7. The summed E-state index contributed by atoms with van der Waals surface area (Å²) in [5.41, 5.74) is 3.79. The van der Waals surface area contributed by atoms with Gasteiger partial charge in [0.25, 0.3) is 0 Å². The number of carbonyl (C=O) groups is 2. The molecule has 0 amide bonds. The Morgan fingerprint density at radius 2 is 1.17 bits per heavy atom. The standard InChI is InChI=1S/C19H37NO3/c1-4-6-8-10-12-14-17(21)19(23,16(3)20)18(22)15-13-11-9-7-5-2/h16,23H,4-15,20H2,1-3H3. The third-order valence-corrected chi connectivity index (χ3v) is 4.52. The van der Waals surface area contributed by atoms with Crippen LogP contribution >= 0.6 is 0 Å². The van der Waals surface area contributed by atoms with E-state index < -0.39 is 23.2 Å². The summed E-state index contributed by atoms with van der Waals surface area (Å²) in [6.45, 7) is 5.82. The zero-order valence-corrected chi connectivity index (χ0v) is 15.4. The van der Waals surface area contributed by atoms with Gasteiger partial charge in [0.1, 0.15) is 0 Å². The van der Waals surface area contributed by atoms with Crippen LogP contribution in [0.15, 0.2) is 0 Å². The van der Waals surface area contributed by atoms with Gasteiger partial charge in [0.15, 0.2) is 17.2 Å². The molecule has 3 N–H and O–H groups in total. The number of unbranched alkanes of at least 4 members (excludes halogenated alkanes) is 8. The Morgan fingerprint density at radius 3 is 1.48 bits per heavy atom. The van der Waals surface area contributed by atoms with Gasteiger partial charge in [0, 0.05) is 18.9 Å². The van der Waals surface area contributed by atoms with Gasteiger partial charge in [-0.15, -0.1) is 0 Å². The molecule has 0 rings (SSSR count). The van der Waals surface area contributed by atoms with Crippen molar-refractivity contribution in [2.45, 2.75) is 109 Å². The molecule has 4 heteroatoms. The molecule has 1 unspecified atom stereocenters. The number of hydrogen-bond donors (Lipinski definition) is 2. The minimum atomic E-state index is -1.99. The van der Waals surface area contributed by atoms with Gasteiger partial charge in [-0.05, 0) is 19.8 Å². The van der Waals surface area contributed by atoms with Crippen LogP contribution in [0.1, 0.15) is 97.8 Å². The molecule has 0 saturated carbocycles. The SMILES string of the molecule is CCCCCCCC(=O)C(O)(C(=O)CCCCCCC)C(C)N. The summed E-state index contributed by atoms with van der Waals surface area (Å²) < 4.78 is 0. The third kappa shape index (κ3) is 8.07. The second kappa shape index (κ2) is 12.7. The van der Waals surface area contributed by atoms with E-state index in [1.54, 1.807) is 6.92 Å². The number of Topliss-reactive ketones (excluding diaryl/α,β-unsaturated/α-hetero) is 2. The molecule has 4 nitrogen and oxygen atoms in total. The van der Waals surface area contributed by atoms with E-state index in [4.69, 9.17) is 5.73 Å². The summed E-state index contributed by atoms with van der Waals surface area (Å²) in [6, 6.07) is -0.853. The molecule has 0 bridgehead atoms. The van der Waals surface area contributed by atoms with Crippen molar-refractivity contribution in [2.75, 3.05) is 0 Å². The molecule has 0 aliphatic rings. The summed E-state index contributed by atoms with van der Waals surface area (Å²) in [5, 5.41) is 10.6. The predicted octanol–water partition coefficient (Wildman–Crippen LogP) is 3.92. The fourth-order valence-corrected chi connectivity index (χ4v) is 2.82. The van der Waals surface area contributed by atoms with Crippen molar-refractivity contribution < 1.29 is 14.7 Å². The van der Waals surface area contributed by atoms with Crippen LogP contribution in [-0.2, 0) is 9.59 Å². The summed E-state index contributed by atoms with van der Waals surface area (Å²) >= 11 is 0. The van der Waals surface area contributed by atoms with Crippen LogP contribution in [0.2, 0.25) is 0 Å². The van der Waals surface area contributed by atoms with Crippen molar-refractivity contribution in [1.82, 2.24) is 0 Å². The fourth-order valence-electron chi connectivity index (χ4n) is 2.82. The molecule has 0 fully saturated rings. The number of carbonyl (C=O) groups excluding carboxylic acids is 2. The molecular formula is C19H37NO3. The molecule has 0 spiro atoms. The van der Waals surface area contributed by atoms with E-state index in [9.17, 15) is 14.7 Å². The highest BCUT2D eigenvalue weighted by Crippen LogP contribution is 2.20. The molecular weight excluding hydrogens is 290 g/mol. The maximum Gasteiger partial charge on any atom is 0.196 e. The molecule has 0 aromatic carbocycles. The minimum absolute atomic E-state index is 0.239. The van der Waals surface area contributed by atoms with E-state index in [1.165, 1.54) is 0 Å². The molecule has 0 aliphatic carbocycles. The quantitative estimate of drug-likeness (QED) is 0.353. The maximum atomic E-state index is 12.4. The first kappa shape index (κ1) is 22.3. The Morgan fingerprint density at radius 1 is 0.826 bits per heavy atom. The molecule has 0 aliphatic heterocycles. The smallest absolute Gasteiger partial charge is 0.196 e. The van der Waals surface area contributed by atoms with E-state index in [0.29, 0.717) is 0 Å². The van der Waals surface area contributed by atoms with E-state index in [2.05, 4.69) is 13.8 Å². The first-order valence-electron chi connectivity index (χ1n) is 9.45. The monoisotopic (exact) mass is 327 g/mol. The average Bonchev–Trinajstić information content (AvgIpc) is 2.52. The maximum absolute atomic E-state index is 12.4. The van der Waals surface area contributed by atoms with Crippen LogP contribution in [0.5, 0.6) is 0 Å². The third-order valence-electron chi connectivity index (χ3n) is 4.52. The van der Waals surface area contributed by atoms with Crippen LogP contribution in [0.3, 0.4) is 0 Å². The Hall–Kier alpha value is -0.740. The van der Waals surface area contributed by atoms with Crippen LogP contribution in [0.4, 0.5) is 0 Å². The molecule has 0 radical (unpaired) electrons.